The highest BCUT2D eigenvalue weighted by Crippen LogP contribution is 2.37. The van der Waals surface area contributed by atoms with Crippen LogP contribution in [0, 0.1) is 0 Å². The van der Waals surface area contributed by atoms with E-state index < -0.39 is 11.7 Å². The van der Waals surface area contributed by atoms with Crippen molar-refractivity contribution >= 4 is 29.5 Å². The third kappa shape index (κ3) is 1.53. The molecular formula is C19H12N2O3. The Morgan fingerprint density at radius 1 is 1.21 bits per heavy atom. The van der Waals surface area contributed by atoms with Crippen molar-refractivity contribution in [2.75, 3.05) is 0 Å². The lowest BCUT2D eigenvalue weighted by atomic mass is 9.91. The fourth-order valence-corrected chi connectivity index (χ4v) is 3.48. The number of aliphatic carboxylic acids is 1. The van der Waals surface area contributed by atoms with E-state index in [-0.39, 0.29) is 5.57 Å². The molecule has 0 saturated heterocycles. The van der Waals surface area contributed by atoms with Crippen LogP contribution in [0.2, 0.25) is 0 Å². The Morgan fingerprint density at radius 3 is 2.96 bits per heavy atom. The van der Waals surface area contributed by atoms with Crippen molar-refractivity contribution in [3.63, 3.8) is 0 Å². The molecule has 1 aromatic rings. The quantitative estimate of drug-likeness (QED) is 0.849. The summed E-state index contributed by atoms with van der Waals surface area (Å²) in [6, 6.07) is 3.65. The van der Waals surface area contributed by atoms with Crippen molar-refractivity contribution in [3.05, 3.63) is 70.9 Å². The van der Waals surface area contributed by atoms with E-state index in [9.17, 15) is 9.90 Å². The number of rotatable bonds is 1. The van der Waals surface area contributed by atoms with Crippen LogP contribution in [-0.2, 0) is 4.79 Å². The maximum absolute atomic E-state index is 11.5. The fourth-order valence-electron chi connectivity index (χ4n) is 3.48. The molecule has 0 saturated carbocycles. The molecular weight excluding hydrogens is 304 g/mol. The van der Waals surface area contributed by atoms with E-state index in [1.54, 1.807) is 6.07 Å². The monoisotopic (exact) mass is 316 g/mol. The van der Waals surface area contributed by atoms with Gasteiger partial charge in [0.05, 0.1) is 11.3 Å². The number of allylic oxidation sites excluding steroid dienone is 4. The Morgan fingerprint density at radius 2 is 2.08 bits per heavy atom. The van der Waals surface area contributed by atoms with Gasteiger partial charge in [0, 0.05) is 34.6 Å². The minimum absolute atomic E-state index is 0.195. The Balaban J connectivity index is 1.84. The number of aliphatic imine (C=N–C) groups is 1. The van der Waals surface area contributed by atoms with Gasteiger partial charge in [-0.2, -0.15) is 0 Å². The van der Waals surface area contributed by atoms with Gasteiger partial charge in [0.1, 0.15) is 5.75 Å². The molecule has 0 amide bonds. The van der Waals surface area contributed by atoms with Gasteiger partial charge in [-0.15, -0.1) is 0 Å². The van der Waals surface area contributed by atoms with Gasteiger partial charge >= 0.3 is 5.97 Å². The van der Waals surface area contributed by atoms with Crippen LogP contribution in [0.5, 0.6) is 5.75 Å². The second-order valence-corrected chi connectivity index (χ2v) is 5.86. The van der Waals surface area contributed by atoms with Gasteiger partial charge in [-0.05, 0) is 36.4 Å². The third-order valence-electron chi connectivity index (χ3n) is 4.58. The van der Waals surface area contributed by atoms with Crippen molar-refractivity contribution in [2.24, 2.45) is 4.99 Å². The summed E-state index contributed by atoms with van der Waals surface area (Å²) >= 11 is 0. The summed E-state index contributed by atoms with van der Waals surface area (Å²) < 4.78 is 6.36. The number of carbonyl (C=O) groups is 1. The van der Waals surface area contributed by atoms with E-state index >= 15 is 0 Å². The van der Waals surface area contributed by atoms with Gasteiger partial charge in [-0.3, -0.25) is 4.99 Å². The molecule has 116 valence electrons. The van der Waals surface area contributed by atoms with Crippen molar-refractivity contribution in [1.82, 2.24) is 4.90 Å². The largest absolute Gasteiger partial charge is 0.478 e. The lowest BCUT2D eigenvalue weighted by Crippen LogP contribution is -2.53. The molecule has 4 heterocycles. The molecule has 0 aliphatic carbocycles. The molecule has 4 aliphatic rings. The average Bonchev–Trinajstić information content (AvgIpc) is 3.03. The highest BCUT2D eigenvalue weighted by Gasteiger charge is 2.42. The summed E-state index contributed by atoms with van der Waals surface area (Å²) in [5.74, 6) is -0.338. The van der Waals surface area contributed by atoms with Crippen molar-refractivity contribution < 1.29 is 14.6 Å². The van der Waals surface area contributed by atoms with Crippen LogP contribution >= 0.6 is 0 Å². The molecule has 5 nitrogen and oxygen atoms in total. The first-order valence-electron chi connectivity index (χ1n) is 7.58. The van der Waals surface area contributed by atoms with E-state index in [0.29, 0.717) is 16.7 Å². The molecule has 0 bridgehead atoms. The number of fused-ring (bicyclic) bond motifs is 3. The minimum atomic E-state index is -0.987. The second kappa shape index (κ2) is 4.35. The zero-order chi connectivity index (χ0) is 16.3. The van der Waals surface area contributed by atoms with Crippen LogP contribution in [0.1, 0.15) is 0 Å². The topological polar surface area (TPSA) is 62.1 Å². The molecule has 5 rings (SSSR count). The first-order chi connectivity index (χ1) is 11.7. The van der Waals surface area contributed by atoms with E-state index in [2.05, 4.69) is 4.99 Å². The maximum Gasteiger partial charge on any atom is 0.337 e. The van der Waals surface area contributed by atoms with Gasteiger partial charge in [-0.1, -0.05) is 12.2 Å². The smallest absolute Gasteiger partial charge is 0.337 e. The predicted molar refractivity (Wildman–Crippen MR) is 90.1 cm³/mol. The number of carboxylic acids is 1. The van der Waals surface area contributed by atoms with Crippen molar-refractivity contribution in [1.29, 1.82) is 0 Å². The predicted octanol–water partition coefficient (Wildman–Crippen LogP) is 1.35. The molecule has 24 heavy (non-hydrogen) atoms. The van der Waals surface area contributed by atoms with E-state index in [0.717, 1.165) is 10.8 Å². The number of ether oxygens (including phenoxy) is 1. The normalized spacial score (nSPS) is 24.4. The van der Waals surface area contributed by atoms with E-state index in [1.165, 1.54) is 6.21 Å². The van der Waals surface area contributed by atoms with Crippen LogP contribution in [0.4, 0.5) is 5.69 Å². The van der Waals surface area contributed by atoms with Gasteiger partial charge in [0.15, 0.2) is 0 Å². The number of hydrogen-bond donors (Lipinski definition) is 1. The van der Waals surface area contributed by atoms with E-state index in [4.69, 9.17) is 4.74 Å². The Labute approximate surface area is 137 Å². The summed E-state index contributed by atoms with van der Waals surface area (Å²) in [7, 11) is 0. The van der Waals surface area contributed by atoms with E-state index in [1.807, 2.05) is 59.8 Å². The van der Waals surface area contributed by atoms with Crippen LogP contribution in [0.15, 0.2) is 65.5 Å². The standard InChI is InChI=1S/C19H12N2O3/c22-18(23)14-11-20-15-5-6-16-13(17(14)15)10-12-4-3-9-21-8-2-1-7-19(12,21)24-16/h1-11H,(H,22,23). The van der Waals surface area contributed by atoms with Gasteiger partial charge in [0.2, 0.25) is 5.72 Å². The van der Waals surface area contributed by atoms with Gasteiger partial charge in [-0.25, -0.2) is 4.79 Å². The zero-order valence-electron chi connectivity index (χ0n) is 12.5. The minimum Gasteiger partial charge on any atom is -0.478 e. The third-order valence-corrected chi connectivity index (χ3v) is 4.58. The zero-order valence-corrected chi connectivity index (χ0v) is 12.5. The van der Waals surface area contributed by atoms with Crippen LogP contribution in [0.25, 0.3) is 11.6 Å². The molecule has 0 aromatic heterocycles. The SMILES string of the molecule is O=C(O)C1=c2c(ccc3c2=CC2=CC=CN4C=CC=CC24O3)N=C1. The molecule has 4 aliphatic heterocycles. The van der Waals surface area contributed by atoms with Crippen molar-refractivity contribution in [3.8, 4) is 5.75 Å². The number of nitrogens with zero attached hydrogens (tertiary/aromatic N) is 2. The molecule has 1 N–H and O–H groups in total. The van der Waals surface area contributed by atoms with Crippen LogP contribution < -0.4 is 15.2 Å². The fraction of sp³-hybridized carbons (Fsp3) is 0.0526. The van der Waals surface area contributed by atoms with Crippen LogP contribution in [0.3, 0.4) is 0 Å². The molecule has 5 heteroatoms. The number of carboxylic acid groups (broad SMARTS) is 1. The highest BCUT2D eigenvalue weighted by molar-refractivity contribution is 6.34. The summed E-state index contributed by atoms with van der Waals surface area (Å²) in [4.78, 5) is 17.7. The molecule has 1 unspecified atom stereocenters. The molecule has 1 spiro atoms. The first-order valence-corrected chi connectivity index (χ1v) is 7.58. The lowest BCUT2D eigenvalue weighted by molar-refractivity contribution is -0.130. The molecule has 1 atom stereocenters. The Kier molecular flexibility index (Phi) is 2.38. The summed E-state index contributed by atoms with van der Waals surface area (Å²) in [6.07, 6.45) is 17.1. The molecule has 1 aromatic carbocycles. The summed E-state index contributed by atoms with van der Waals surface area (Å²) in [6.45, 7) is 0. The summed E-state index contributed by atoms with van der Waals surface area (Å²) in [5.41, 5.74) is 1.08. The Bertz CT molecular complexity index is 1070. The molecule has 0 fully saturated rings. The lowest BCUT2D eigenvalue weighted by Gasteiger charge is -2.44. The Hall–Kier alpha value is -3.34. The first kappa shape index (κ1) is 13.1. The second-order valence-electron chi connectivity index (χ2n) is 5.86. The summed E-state index contributed by atoms with van der Waals surface area (Å²) in [5, 5.41) is 10.8. The average molecular weight is 316 g/mol. The highest BCUT2D eigenvalue weighted by atomic mass is 16.5. The van der Waals surface area contributed by atoms with Gasteiger partial charge < -0.3 is 14.7 Å². The van der Waals surface area contributed by atoms with Gasteiger partial charge in [0.25, 0.3) is 0 Å². The molecule has 0 radical (unpaired) electrons. The number of hydrogen-bond acceptors (Lipinski definition) is 4. The number of benzene rings is 1. The van der Waals surface area contributed by atoms with Crippen molar-refractivity contribution in [2.45, 2.75) is 5.72 Å². The maximum atomic E-state index is 11.5. The van der Waals surface area contributed by atoms with Crippen LogP contribution in [-0.4, -0.2) is 27.9 Å².